The van der Waals surface area contributed by atoms with Crippen LogP contribution in [0.4, 0.5) is 0 Å². The third-order valence-electron chi connectivity index (χ3n) is 3.20. The lowest BCUT2D eigenvalue weighted by molar-refractivity contribution is -0.147. The van der Waals surface area contributed by atoms with Gasteiger partial charge < -0.3 is 5.11 Å². The second-order valence-electron chi connectivity index (χ2n) is 4.51. The second kappa shape index (κ2) is 4.75. The zero-order chi connectivity index (χ0) is 14.0. The van der Waals surface area contributed by atoms with E-state index in [-0.39, 0.29) is 0 Å². The SMILES string of the molecule is CCC(C)(C(=O)O)n1nnnc1-c1cccc(C)n1. The maximum atomic E-state index is 11.5. The minimum atomic E-state index is -1.19. The number of aromatic nitrogens is 5. The molecule has 0 aromatic carbocycles. The fourth-order valence-electron chi connectivity index (χ4n) is 1.74. The van der Waals surface area contributed by atoms with Gasteiger partial charge in [0, 0.05) is 5.69 Å². The summed E-state index contributed by atoms with van der Waals surface area (Å²) in [6.07, 6.45) is 0.367. The van der Waals surface area contributed by atoms with Gasteiger partial charge in [-0.25, -0.2) is 14.5 Å². The summed E-state index contributed by atoms with van der Waals surface area (Å²) in [6, 6.07) is 5.45. The van der Waals surface area contributed by atoms with Crippen LogP contribution in [0.1, 0.15) is 26.0 Å². The van der Waals surface area contributed by atoms with Gasteiger partial charge in [0.05, 0.1) is 0 Å². The summed E-state index contributed by atoms with van der Waals surface area (Å²) in [7, 11) is 0. The molecule has 0 bridgehead atoms. The Morgan fingerprint density at radius 2 is 2.21 bits per heavy atom. The number of rotatable bonds is 4. The highest BCUT2D eigenvalue weighted by Gasteiger charge is 2.37. The minimum absolute atomic E-state index is 0.357. The number of carboxylic acid groups (broad SMARTS) is 1. The zero-order valence-electron chi connectivity index (χ0n) is 11.0. The van der Waals surface area contributed by atoms with Gasteiger partial charge in [-0.3, -0.25) is 0 Å². The van der Waals surface area contributed by atoms with E-state index < -0.39 is 11.5 Å². The van der Waals surface area contributed by atoms with Gasteiger partial charge in [-0.2, -0.15) is 0 Å². The van der Waals surface area contributed by atoms with Gasteiger partial charge in [-0.1, -0.05) is 13.0 Å². The molecule has 0 aliphatic rings. The quantitative estimate of drug-likeness (QED) is 0.890. The molecule has 7 heteroatoms. The zero-order valence-corrected chi connectivity index (χ0v) is 11.0. The summed E-state index contributed by atoms with van der Waals surface area (Å²) < 4.78 is 1.32. The van der Waals surface area contributed by atoms with Gasteiger partial charge in [0.2, 0.25) is 5.82 Å². The molecule has 2 rings (SSSR count). The Kier molecular flexibility index (Phi) is 3.28. The number of hydrogen-bond donors (Lipinski definition) is 1. The first-order valence-electron chi connectivity index (χ1n) is 5.95. The Morgan fingerprint density at radius 1 is 1.47 bits per heavy atom. The third-order valence-corrected chi connectivity index (χ3v) is 3.20. The Balaban J connectivity index is 2.57. The summed E-state index contributed by atoms with van der Waals surface area (Å²) in [6.45, 7) is 5.22. The lowest BCUT2D eigenvalue weighted by Crippen LogP contribution is -2.39. The largest absolute Gasteiger partial charge is 0.479 e. The predicted molar refractivity (Wildman–Crippen MR) is 67.4 cm³/mol. The van der Waals surface area contributed by atoms with Crippen molar-refractivity contribution in [1.29, 1.82) is 0 Å². The first kappa shape index (κ1) is 13.1. The fraction of sp³-hybridized carbons (Fsp3) is 0.417. The molecule has 2 heterocycles. The number of aliphatic carboxylic acids is 1. The average Bonchev–Trinajstić information content (AvgIpc) is 2.87. The van der Waals surface area contributed by atoms with Crippen molar-refractivity contribution in [3.63, 3.8) is 0 Å². The standard InChI is InChI=1S/C12H15N5O2/c1-4-12(3,11(18)19)17-10(14-15-16-17)9-7-5-6-8(2)13-9/h5-7H,4H2,1-3H3,(H,18,19). The van der Waals surface area contributed by atoms with E-state index in [2.05, 4.69) is 20.5 Å². The first-order chi connectivity index (χ1) is 8.99. The average molecular weight is 261 g/mol. The van der Waals surface area contributed by atoms with Crippen LogP contribution < -0.4 is 0 Å². The van der Waals surface area contributed by atoms with Crippen LogP contribution in [-0.4, -0.2) is 36.3 Å². The molecule has 0 saturated carbocycles. The van der Waals surface area contributed by atoms with Gasteiger partial charge in [0.15, 0.2) is 5.54 Å². The monoisotopic (exact) mass is 261 g/mol. The van der Waals surface area contributed by atoms with Gasteiger partial charge in [-0.15, -0.1) is 5.10 Å². The van der Waals surface area contributed by atoms with E-state index in [0.29, 0.717) is 17.9 Å². The Bertz CT molecular complexity index is 610. The van der Waals surface area contributed by atoms with E-state index in [1.165, 1.54) is 4.68 Å². The van der Waals surface area contributed by atoms with Crippen LogP contribution in [0.15, 0.2) is 18.2 Å². The van der Waals surface area contributed by atoms with Crippen LogP contribution in [0.2, 0.25) is 0 Å². The predicted octanol–water partition coefficient (Wildman–Crippen LogP) is 1.25. The Labute approximate surface area is 110 Å². The van der Waals surface area contributed by atoms with Crippen molar-refractivity contribution in [1.82, 2.24) is 25.2 Å². The fourth-order valence-corrected chi connectivity index (χ4v) is 1.74. The van der Waals surface area contributed by atoms with Crippen molar-refractivity contribution >= 4 is 5.97 Å². The number of carboxylic acids is 1. The number of tetrazole rings is 1. The van der Waals surface area contributed by atoms with Crippen LogP contribution in [0.5, 0.6) is 0 Å². The molecule has 0 fully saturated rings. The minimum Gasteiger partial charge on any atom is -0.479 e. The normalized spacial score (nSPS) is 14.1. The van der Waals surface area contributed by atoms with E-state index in [1.807, 2.05) is 19.1 Å². The molecular weight excluding hydrogens is 246 g/mol. The number of aryl methyl sites for hydroxylation is 1. The van der Waals surface area contributed by atoms with Crippen LogP contribution in [0.25, 0.3) is 11.5 Å². The van der Waals surface area contributed by atoms with Crippen molar-refractivity contribution in [2.45, 2.75) is 32.7 Å². The molecule has 19 heavy (non-hydrogen) atoms. The number of hydrogen-bond acceptors (Lipinski definition) is 5. The van der Waals surface area contributed by atoms with Crippen molar-refractivity contribution in [3.8, 4) is 11.5 Å². The maximum absolute atomic E-state index is 11.5. The lowest BCUT2D eigenvalue weighted by Gasteiger charge is -2.23. The molecule has 2 aromatic rings. The summed E-state index contributed by atoms with van der Waals surface area (Å²) in [5, 5.41) is 20.7. The van der Waals surface area contributed by atoms with E-state index in [0.717, 1.165) is 5.69 Å². The molecule has 0 aliphatic heterocycles. The molecule has 2 aromatic heterocycles. The van der Waals surface area contributed by atoms with Crippen molar-refractivity contribution in [2.75, 3.05) is 0 Å². The molecular formula is C12H15N5O2. The van der Waals surface area contributed by atoms with Gasteiger partial charge in [0.1, 0.15) is 5.69 Å². The topological polar surface area (TPSA) is 93.8 Å². The van der Waals surface area contributed by atoms with Crippen LogP contribution >= 0.6 is 0 Å². The highest BCUT2D eigenvalue weighted by atomic mass is 16.4. The highest BCUT2D eigenvalue weighted by Crippen LogP contribution is 2.25. The van der Waals surface area contributed by atoms with E-state index in [9.17, 15) is 9.90 Å². The molecule has 0 saturated heterocycles. The number of carbonyl (C=O) groups is 1. The summed E-state index contributed by atoms with van der Waals surface area (Å²) >= 11 is 0. The molecule has 0 radical (unpaired) electrons. The molecule has 1 N–H and O–H groups in total. The highest BCUT2D eigenvalue weighted by molar-refractivity contribution is 5.76. The smallest absolute Gasteiger partial charge is 0.331 e. The van der Waals surface area contributed by atoms with E-state index in [1.54, 1.807) is 19.9 Å². The maximum Gasteiger partial charge on any atom is 0.331 e. The van der Waals surface area contributed by atoms with Gasteiger partial charge in [-0.05, 0) is 42.8 Å². The lowest BCUT2D eigenvalue weighted by atomic mass is 9.99. The van der Waals surface area contributed by atoms with Crippen molar-refractivity contribution < 1.29 is 9.90 Å². The molecule has 100 valence electrons. The first-order valence-corrected chi connectivity index (χ1v) is 5.95. The van der Waals surface area contributed by atoms with E-state index >= 15 is 0 Å². The van der Waals surface area contributed by atoms with Crippen molar-refractivity contribution in [2.24, 2.45) is 0 Å². The Hall–Kier alpha value is -2.31. The van der Waals surface area contributed by atoms with Crippen LogP contribution in [-0.2, 0) is 10.3 Å². The summed E-state index contributed by atoms with van der Waals surface area (Å²) in [5.74, 6) is -0.619. The summed E-state index contributed by atoms with van der Waals surface area (Å²) in [4.78, 5) is 15.8. The van der Waals surface area contributed by atoms with Crippen LogP contribution in [0, 0.1) is 6.92 Å². The van der Waals surface area contributed by atoms with E-state index in [4.69, 9.17) is 0 Å². The van der Waals surface area contributed by atoms with Crippen molar-refractivity contribution in [3.05, 3.63) is 23.9 Å². The molecule has 1 atom stereocenters. The Morgan fingerprint density at radius 3 is 2.79 bits per heavy atom. The van der Waals surface area contributed by atoms with Crippen LogP contribution in [0.3, 0.4) is 0 Å². The van der Waals surface area contributed by atoms with Gasteiger partial charge in [0.25, 0.3) is 0 Å². The number of pyridine rings is 1. The van der Waals surface area contributed by atoms with Gasteiger partial charge >= 0.3 is 5.97 Å². The second-order valence-corrected chi connectivity index (χ2v) is 4.51. The molecule has 0 aliphatic carbocycles. The molecule has 0 spiro atoms. The third kappa shape index (κ3) is 2.18. The summed E-state index contributed by atoms with van der Waals surface area (Å²) in [5.41, 5.74) is 0.191. The molecule has 7 nitrogen and oxygen atoms in total. The molecule has 1 unspecified atom stereocenters. The molecule has 0 amide bonds. The number of nitrogens with zero attached hydrogens (tertiary/aromatic N) is 5.